The number of carbonyl (C=O) groups is 1. The van der Waals surface area contributed by atoms with E-state index in [2.05, 4.69) is 44.7 Å². The summed E-state index contributed by atoms with van der Waals surface area (Å²) < 4.78 is 2.15. The predicted octanol–water partition coefficient (Wildman–Crippen LogP) is 4.76. The Bertz CT molecular complexity index is 1370. The number of aryl methyl sites for hydroxylation is 1. The molecule has 0 bridgehead atoms. The van der Waals surface area contributed by atoms with Gasteiger partial charge in [-0.05, 0) is 86.2 Å². The number of thiocarbonyl (C=S) groups is 1. The second kappa shape index (κ2) is 9.31. The number of nitrogens with one attached hydrogen (secondary N) is 1. The van der Waals surface area contributed by atoms with Crippen LogP contribution in [0.4, 0.5) is 0 Å². The molecule has 4 heterocycles. The zero-order chi connectivity index (χ0) is 24.5. The average molecular weight is 484 g/mol. The number of hydrogen-bond donors (Lipinski definition) is 2. The van der Waals surface area contributed by atoms with Crippen LogP contribution in [-0.4, -0.2) is 35.6 Å². The molecule has 1 fully saturated rings. The van der Waals surface area contributed by atoms with Crippen molar-refractivity contribution in [2.24, 2.45) is 0 Å². The first-order valence-corrected chi connectivity index (χ1v) is 11.8. The van der Waals surface area contributed by atoms with Crippen LogP contribution in [0, 0.1) is 13.8 Å². The van der Waals surface area contributed by atoms with Crippen molar-refractivity contribution in [3.05, 3.63) is 113 Å². The van der Waals surface area contributed by atoms with E-state index in [1.54, 1.807) is 24.5 Å². The number of carboxylic acids is 1. The third-order valence-corrected chi connectivity index (χ3v) is 6.77. The molecule has 3 aromatic heterocycles. The van der Waals surface area contributed by atoms with Crippen molar-refractivity contribution in [2.45, 2.75) is 32.5 Å². The number of carboxylic acid groups (broad SMARTS) is 1. The summed E-state index contributed by atoms with van der Waals surface area (Å²) >= 11 is 5.81. The third-order valence-electron chi connectivity index (χ3n) is 6.42. The zero-order valence-corrected chi connectivity index (χ0v) is 20.2. The number of hydrogen-bond acceptors (Lipinski definition) is 4. The van der Waals surface area contributed by atoms with Crippen LogP contribution in [0.25, 0.3) is 5.69 Å². The van der Waals surface area contributed by atoms with Gasteiger partial charge in [-0.3, -0.25) is 9.97 Å². The van der Waals surface area contributed by atoms with E-state index in [-0.39, 0.29) is 17.6 Å². The van der Waals surface area contributed by atoms with Gasteiger partial charge in [0, 0.05) is 29.5 Å². The van der Waals surface area contributed by atoms with E-state index in [0.717, 1.165) is 34.0 Å². The quantitative estimate of drug-likeness (QED) is 0.383. The maximum absolute atomic E-state index is 11.3. The first-order valence-electron chi connectivity index (χ1n) is 11.3. The summed E-state index contributed by atoms with van der Waals surface area (Å²) in [6, 6.07) is 20.7. The molecule has 35 heavy (non-hydrogen) atoms. The van der Waals surface area contributed by atoms with E-state index in [0.29, 0.717) is 11.7 Å². The minimum atomic E-state index is -0.938. The first-order chi connectivity index (χ1) is 16.9. The maximum atomic E-state index is 11.3. The van der Waals surface area contributed by atoms with Crippen molar-refractivity contribution in [2.75, 3.05) is 0 Å². The van der Waals surface area contributed by atoms with E-state index < -0.39 is 5.97 Å². The largest absolute Gasteiger partial charge is 0.478 e. The molecule has 0 aliphatic carbocycles. The fourth-order valence-electron chi connectivity index (χ4n) is 4.82. The summed E-state index contributed by atoms with van der Waals surface area (Å²) in [5.74, 6) is -0.938. The van der Waals surface area contributed by atoms with Gasteiger partial charge in [0.1, 0.15) is 0 Å². The standard InChI is InChI=1S/C27H25N5O2S/c1-17-15-22(18(2)32(17)21-11-9-19(10-12-21)26(33)34)25-24(23-8-4-6-14-29-23)30-27(35)31(25)16-20-7-3-5-13-28-20/h3-15,24-25H,16H2,1-2H3,(H,30,35)(H,33,34). The maximum Gasteiger partial charge on any atom is 0.335 e. The van der Waals surface area contributed by atoms with Crippen LogP contribution < -0.4 is 5.32 Å². The Hall–Kier alpha value is -4.04. The van der Waals surface area contributed by atoms with Gasteiger partial charge in [0.2, 0.25) is 0 Å². The molecule has 2 unspecified atom stereocenters. The highest BCUT2D eigenvalue weighted by Crippen LogP contribution is 2.42. The van der Waals surface area contributed by atoms with Crippen LogP contribution in [0.3, 0.4) is 0 Å². The smallest absolute Gasteiger partial charge is 0.335 e. The summed E-state index contributed by atoms with van der Waals surface area (Å²) in [5.41, 5.74) is 6.27. The fourth-order valence-corrected chi connectivity index (χ4v) is 5.12. The highest BCUT2D eigenvalue weighted by Gasteiger charge is 2.41. The molecule has 0 saturated carbocycles. The molecule has 0 amide bonds. The number of pyridine rings is 2. The molecule has 176 valence electrons. The topological polar surface area (TPSA) is 83.3 Å². The minimum Gasteiger partial charge on any atom is -0.478 e. The Morgan fingerprint density at radius 2 is 1.74 bits per heavy atom. The molecule has 1 aliphatic heterocycles. The Morgan fingerprint density at radius 1 is 1.03 bits per heavy atom. The van der Waals surface area contributed by atoms with Gasteiger partial charge >= 0.3 is 5.97 Å². The molecule has 4 aromatic rings. The highest BCUT2D eigenvalue weighted by molar-refractivity contribution is 7.80. The number of rotatable bonds is 6. The number of aromatic nitrogens is 3. The van der Waals surface area contributed by atoms with Crippen LogP contribution in [0.1, 0.15) is 50.8 Å². The molecule has 1 aromatic carbocycles. The minimum absolute atomic E-state index is 0.0994. The molecule has 7 nitrogen and oxygen atoms in total. The van der Waals surface area contributed by atoms with Gasteiger partial charge in [0.05, 0.1) is 35.6 Å². The van der Waals surface area contributed by atoms with Gasteiger partial charge < -0.3 is 19.9 Å². The van der Waals surface area contributed by atoms with Crippen molar-refractivity contribution in [1.29, 1.82) is 0 Å². The second-order valence-electron chi connectivity index (χ2n) is 8.59. The van der Waals surface area contributed by atoms with E-state index in [4.69, 9.17) is 12.2 Å². The summed E-state index contributed by atoms with van der Waals surface area (Å²) in [6.45, 7) is 4.71. The average Bonchev–Trinajstić information content (AvgIpc) is 3.35. The summed E-state index contributed by atoms with van der Waals surface area (Å²) in [5, 5.41) is 13.4. The Labute approximate surface area is 209 Å². The molecule has 2 N–H and O–H groups in total. The highest BCUT2D eigenvalue weighted by atomic mass is 32.1. The number of aromatic carboxylic acids is 1. The summed E-state index contributed by atoms with van der Waals surface area (Å²) in [4.78, 5) is 22.6. The van der Waals surface area contributed by atoms with Crippen molar-refractivity contribution < 1.29 is 9.90 Å². The van der Waals surface area contributed by atoms with Crippen LogP contribution >= 0.6 is 12.2 Å². The molecular formula is C27H25N5O2S. The lowest BCUT2D eigenvalue weighted by Gasteiger charge is -2.28. The molecule has 1 aliphatic rings. The summed E-state index contributed by atoms with van der Waals surface area (Å²) in [6.07, 6.45) is 3.59. The third kappa shape index (κ3) is 4.28. The first kappa shape index (κ1) is 22.7. The molecule has 0 radical (unpaired) electrons. The van der Waals surface area contributed by atoms with Crippen LogP contribution in [0.15, 0.2) is 79.1 Å². The Balaban J connectivity index is 1.60. The summed E-state index contributed by atoms with van der Waals surface area (Å²) in [7, 11) is 0. The monoisotopic (exact) mass is 483 g/mol. The normalized spacial score (nSPS) is 17.4. The fraction of sp³-hybridized carbons (Fsp3) is 0.185. The van der Waals surface area contributed by atoms with E-state index in [9.17, 15) is 9.90 Å². The lowest BCUT2D eigenvalue weighted by atomic mass is 9.96. The predicted molar refractivity (Wildman–Crippen MR) is 137 cm³/mol. The van der Waals surface area contributed by atoms with Gasteiger partial charge in [-0.15, -0.1) is 0 Å². The van der Waals surface area contributed by atoms with Crippen LogP contribution in [0.5, 0.6) is 0 Å². The number of benzene rings is 1. The van der Waals surface area contributed by atoms with Crippen LogP contribution in [0.2, 0.25) is 0 Å². The lowest BCUT2D eigenvalue weighted by Crippen LogP contribution is -2.29. The van der Waals surface area contributed by atoms with Crippen molar-refractivity contribution in [3.63, 3.8) is 0 Å². The van der Waals surface area contributed by atoms with Gasteiger partial charge in [-0.25, -0.2) is 4.79 Å². The SMILES string of the molecule is Cc1cc(C2C(c3ccccn3)NC(=S)N2Cc2ccccn2)c(C)n1-c1ccc(C(=O)O)cc1. The second-order valence-corrected chi connectivity index (χ2v) is 8.98. The molecule has 1 saturated heterocycles. The molecule has 8 heteroatoms. The van der Waals surface area contributed by atoms with Crippen molar-refractivity contribution in [3.8, 4) is 5.69 Å². The Kier molecular flexibility index (Phi) is 6.05. The van der Waals surface area contributed by atoms with Crippen molar-refractivity contribution in [1.82, 2.24) is 24.8 Å². The Morgan fingerprint density at radius 3 is 2.37 bits per heavy atom. The lowest BCUT2D eigenvalue weighted by molar-refractivity contribution is 0.0697. The van der Waals surface area contributed by atoms with Crippen molar-refractivity contribution >= 4 is 23.3 Å². The zero-order valence-electron chi connectivity index (χ0n) is 19.4. The van der Waals surface area contributed by atoms with E-state index in [1.807, 2.05) is 48.5 Å². The molecule has 5 rings (SSSR count). The number of nitrogens with zero attached hydrogens (tertiary/aromatic N) is 4. The van der Waals surface area contributed by atoms with E-state index >= 15 is 0 Å². The van der Waals surface area contributed by atoms with Crippen LogP contribution in [-0.2, 0) is 6.54 Å². The van der Waals surface area contributed by atoms with Gasteiger partial charge in [-0.2, -0.15) is 0 Å². The van der Waals surface area contributed by atoms with Gasteiger partial charge in [0.15, 0.2) is 5.11 Å². The molecule has 2 atom stereocenters. The van der Waals surface area contributed by atoms with E-state index in [1.165, 1.54) is 0 Å². The molecular weight excluding hydrogens is 458 g/mol. The van der Waals surface area contributed by atoms with Gasteiger partial charge in [-0.1, -0.05) is 12.1 Å². The van der Waals surface area contributed by atoms with Gasteiger partial charge in [0.25, 0.3) is 0 Å². The molecule has 0 spiro atoms.